The number of carbonyl (C=O) groups is 1. The van der Waals surface area contributed by atoms with Gasteiger partial charge in [0.15, 0.2) is 0 Å². The summed E-state index contributed by atoms with van der Waals surface area (Å²) in [6.45, 7) is 11.7. The molecule has 0 saturated carbocycles. The van der Waals surface area contributed by atoms with Gasteiger partial charge in [-0.3, -0.25) is 4.90 Å². The van der Waals surface area contributed by atoms with Crippen molar-refractivity contribution in [3.05, 3.63) is 29.8 Å². The Kier molecular flexibility index (Phi) is 6.04. The Morgan fingerprint density at radius 1 is 1.23 bits per heavy atom. The van der Waals surface area contributed by atoms with Gasteiger partial charge >= 0.3 is 6.03 Å². The third-order valence-electron chi connectivity index (χ3n) is 5.32. The lowest BCUT2D eigenvalue weighted by molar-refractivity contribution is 0.0220. The number of nitrogens with one attached hydrogen (secondary N) is 1. The van der Waals surface area contributed by atoms with Crippen LogP contribution in [0.4, 0.5) is 4.79 Å². The van der Waals surface area contributed by atoms with Gasteiger partial charge in [-0.25, -0.2) is 4.79 Å². The van der Waals surface area contributed by atoms with E-state index in [4.69, 9.17) is 9.47 Å². The Morgan fingerprint density at radius 3 is 2.50 bits per heavy atom. The van der Waals surface area contributed by atoms with Crippen molar-refractivity contribution in [2.75, 3.05) is 39.4 Å². The van der Waals surface area contributed by atoms with E-state index in [0.717, 1.165) is 44.9 Å². The quantitative estimate of drug-likeness (QED) is 0.875. The highest BCUT2D eigenvalue weighted by Gasteiger charge is 2.37. The van der Waals surface area contributed by atoms with Gasteiger partial charge in [0, 0.05) is 39.3 Å². The van der Waals surface area contributed by atoms with Crippen LogP contribution in [0.5, 0.6) is 5.75 Å². The number of benzene rings is 1. The molecule has 0 aliphatic carbocycles. The summed E-state index contributed by atoms with van der Waals surface area (Å²) in [5, 5.41) is 3.15. The van der Waals surface area contributed by atoms with Gasteiger partial charge in [0.2, 0.25) is 0 Å². The fourth-order valence-corrected chi connectivity index (χ4v) is 3.60. The van der Waals surface area contributed by atoms with Crippen LogP contribution in [0.15, 0.2) is 24.3 Å². The molecular weight excluding hydrogens is 330 g/mol. The third-order valence-corrected chi connectivity index (χ3v) is 5.32. The molecule has 2 fully saturated rings. The summed E-state index contributed by atoms with van der Waals surface area (Å²) in [5.41, 5.74) is 1.00. The van der Waals surface area contributed by atoms with Crippen LogP contribution in [-0.4, -0.2) is 66.9 Å². The number of rotatable bonds is 5. The average Bonchev–Trinajstić information content (AvgIpc) is 2.96. The predicted octanol–water partition coefficient (Wildman–Crippen LogP) is 2.48. The molecule has 2 heterocycles. The number of nitrogens with zero attached hydrogens (tertiary/aromatic N) is 2. The number of carbonyl (C=O) groups excluding carboxylic acids is 1. The van der Waals surface area contributed by atoms with Crippen molar-refractivity contribution in [3.8, 4) is 5.75 Å². The van der Waals surface area contributed by atoms with Crippen molar-refractivity contribution < 1.29 is 14.3 Å². The second-order valence-corrected chi connectivity index (χ2v) is 7.58. The van der Waals surface area contributed by atoms with Crippen molar-refractivity contribution in [1.82, 2.24) is 15.1 Å². The Balaban J connectivity index is 1.44. The van der Waals surface area contributed by atoms with Crippen molar-refractivity contribution >= 4 is 6.03 Å². The molecule has 2 aliphatic heterocycles. The first-order valence-corrected chi connectivity index (χ1v) is 9.61. The molecule has 26 heavy (non-hydrogen) atoms. The molecular formula is C20H31N3O3. The zero-order chi connectivity index (χ0) is 18.6. The van der Waals surface area contributed by atoms with E-state index in [1.165, 1.54) is 5.56 Å². The SMILES string of the molecule is CCOc1ccc(CN2CCN(C(=O)NC3CCOC3(C)C)CC2)cc1. The Bertz CT molecular complexity index is 595. The maximum atomic E-state index is 12.5. The highest BCUT2D eigenvalue weighted by Crippen LogP contribution is 2.25. The first-order valence-electron chi connectivity index (χ1n) is 9.61. The van der Waals surface area contributed by atoms with Gasteiger partial charge in [0.05, 0.1) is 18.2 Å². The monoisotopic (exact) mass is 361 g/mol. The van der Waals surface area contributed by atoms with Crippen LogP contribution in [-0.2, 0) is 11.3 Å². The van der Waals surface area contributed by atoms with Crippen molar-refractivity contribution in [3.63, 3.8) is 0 Å². The van der Waals surface area contributed by atoms with Gasteiger partial charge in [-0.05, 0) is 44.9 Å². The van der Waals surface area contributed by atoms with Crippen molar-refractivity contribution in [1.29, 1.82) is 0 Å². The van der Waals surface area contributed by atoms with Crippen LogP contribution in [0.2, 0.25) is 0 Å². The lowest BCUT2D eigenvalue weighted by atomic mass is 9.99. The first-order chi connectivity index (χ1) is 12.5. The summed E-state index contributed by atoms with van der Waals surface area (Å²) in [5.74, 6) is 0.913. The largest absolute Gasteiger partial charge is 0.494 e. The van der Waals surface area contributed by atoms with Crippen LogP contribution in [0.1, 0.15) is 32.8 Å². The van der Waals surface area contributed by atoms with Gasteiger partial charge in [-0.15, -0.1) is 0 Å². The van der Waals surface area contributed by atoms with Gasteiger partial charge in [-0.1, -0.05) is 12.1 Å². The summed E-state index contributed by atoms with van der Waals surface area (Å²) in [6.07, 6.45) is 0.885. The highest BCUT2D eigenvalue weighted by molar-refractivity contribution is 5.74. The number of piperazine rings is 1. The van der Waals surface area contributed by atoms with Gasteiger partial charge in [0.25, 0.3) is 0 Å². The molecule has 2 aliphatic rings. The summed E-state index contributed by atoms with van der Waals surface area (Å²) in [6, 6.07) is 8.41. The first kappa shape index (κ1) is 19.0. The van der Waals surface area contributed by atoms with E-state index in [0.29, 0.717) is 13.2 Å². The maximum Gasteiger partial charge on any atom is 0.317 e. The van der Waals surface area contributed by atoms with E-state index in [1.807, 2.05) is 37.8 Å². The smallest absolute Gasteiger partial charge is 0.317 e. The van der Waals surface area contributed by atoms with Crippen LogP contribution < -0.4 is 10.1 Å². The summed E-state index contributed by atoms with van der Waals surface area (Å²) in [4.78, 5) is 16.8. The van der Waals surface area contributed by atoms with Crippen molar-refractivity contribution in [2.45, 2.75) is 45.4 Å². The van der Waals surface area contributed by atoms with E-state index in [2.05, 4.69) is 22.3 Å². The molecule has 3 rings (SSSR count). The standard InChI is InChI=1S/C20H31N3O3/c1-4-25-17-7-5-16(6-8-17)15-22-10-12-23(13-11-22)19(24)21-18-9-14-26-20(18,2)3/h5-8,18H,4,9-15H2,1-3H3,(H,21,24). The van der Waals surface area contributed by atoms with Gasteiger partial charge < -0.3 is 19.7 Å². The van der Waals surface area contributed by atoms with Gasteiger partial charge in [0.1, 0.15) is 5.75 Å². The molecule has 1 N–H and O–H groups in total. The molecule has 2 saturated heterocycles. The molecule has 0 spiro atoms. The number of ether oxygens (including phenoxy) is 2. The van der Waals surface area contributed by atoms with E-state index in [1.54, 1.807) is 0 Å². The summed E-state index contributed by atoms with van der Waals surface area (Å²) >= 11 is 0. The maximum absolute atomic E-state index is 12.5. The van der Waals surface area contributed by atoms with Crippen LogP contribution >= 0.6 is 0 Å². The minimum Gasteiger partial charge on any atom is -0.494 e. The molecule has 1 atom stereocenters. The number of hydrogen-bond acceptors (Lipinski definition) is 4. The number of amides is 2. The van der Waals surface area contributed by atoms with Crippen LogP contribution in [0.3, 0.4) is 0 Å². The van der Waals surface area contributed by atoms with Crippen LogP contribution in [0, 0.1) is 0 Å². The fraction of sp³-hybridized carbons (Fsp3) is 0.650. The molecule has 1 unspecified atom stereocenters. The Labute approximate surface area is 156 Å². The minimum atomic E-state index is -0.273. The van der Waals surface area contributed by atoms with Crippen LogP contribution in [0.25, 0.3) is 0 Å². The molecule has 6 heteroatoms. The Morgan fingerprint density at radius 2 is 1.92 bits per heavy atom. The number of hydrogen-bond donors (Lipinski definition) is 1. The Hall–Kier alpha value is -1.79. The lowest BCUT2D eigenvalue weighted by Gasteiger charge is -2.36. The van der Waals surface area contributed by atoms with Crippen molar-refractivity contribution in [2.24, 2.45) is 0 Å². The normalized spacial score (nSPS) is 23.0. The predicted molar refractivity (Wildman–Crippen MR) is 101 cm³/mol. The second-order valence-electron chi connectivity index (χ2n) is 7.58. The second kappa shape index (κ2) is 8.27. The highest BCUT2D eigenvalue weighted by atomic mass is 16.5. The molecule has 6 nitrogen and oxygen atoms in total. The van der Waals surface area contributed by atoms with Gasteiger partial charge in [-0.2, -0.15) is 0 Å². The molecule has 0 aromatic heterocycles. The van der Waals surface area contributed by atoms with E-state index >= 15 is 0 Å². The third kappa shape index (κ3) is 4.68. The molecule has 0 bridgehead atoms. The average molecular weight is 361 g/mol. The topological polar surface area (TPSA) is 54.0 Å². The summed E-state index contributed by atoms with van der Waals surface area (Å²) in [7, 11) is 0. The lowest BCUT2D eigenvalue weighted by Crippen LogP contribution is -2.55. The molecule has 2 amide bonds. The number of urea groups is 1. The molecule has 144 valence electrons. The zero-order valence-corrected chi connectivity index (χ0v) is 16.2. The fourth-order valence-electron chi connectivity index (χ4n) is 3.60. The van der Waals surface area contributed by atoms with E-state index in [9.17, 15) is 4.79 Å². The van der Waals surface area contributed by atoms with E-state index < -0.39 is 0 Å². The summed E-state index contributed by atoms with van der Waals surface area (Å²) < 4.78 is 11.2. The van der Waals surface area contributed by atoms with E-state index in [-0.39, 0.29) is 17.7 Å². The molecule has 1 aromatic carbocycles. The molecule has 0 radical (unpaired) electrons. The minimum absolute atomic E-state index is 0.0364. The molecule has 1 aromatic rings. The zero-order valence-electron chi connectivity index (χ0n) is 16.2.